The minimum atomic E-state index is -0.274. The second kappa shape index (κ2) is 6.11. The van der Waals surface area contributed by atoms with E-state index >= 15 is 0 Å². The van der Waals surface area contributed by atoms with Crippen LogP contribution < -0.4 is 10.6 Å². The molecular formula is C17H16N4O3. The Kier molecular flexibility index (Phi) is 3.99. The number of carbonyl (C=O) groups excluding carboxylic acids is 2. The number of benzene rings is 1. The molecule has 3 aromatic rings. The molecule has 0 saturated carbocycles. The van der Waals surface area contributed by atoms with Gasteiger partial charge in [0.2, 0.25) is 5.91 Å². The molecular weight excluding hydrogens is 308 g/mol. The monoisotopic (exact) mass is 324 g/mol. The predicted octanol–water partition coefficient (Wildman–Crippen LogP) is 3.05. The molecule has 2 N–H and O–H groups in total. The van der Waals surface area contributed by atoms with Crippen molar-refractivity contribution in [3.05, 3.63) is 47.3 Å². The third-order valence-corrected chi connectivity index (χ3v) is 3.45. The van der Waals surface area contributed by atoms with E-state index in [-0.39, 0.29) is 11.8 Å². The minimum Gasteiger partial charge on any atom is -0.336 e. The van der Waals surface area contributed by atoms with E-state index in [0.717, 1.165) is 0 Å². The highest BCUT2D eigenvalue weighted by atomic mass is 16.5. The fourth-order valence-corrected chi connectivity index (χ4v) is 2.44. The molecule has 0 atom stereocenters. The van der Waals surface area contributed by atoms with Crippen LogP contribution in [0.2, 0.25) is 0 Å². The summed E-state index contributed by atoms with van der Waals surface area (Å²) in [5.74, 6) is -0.423. The zero-order valence-electron chi connectivity index (χ0n) is 13.5. The van der Waals surface area contributed by atoms with Gasteiger partial charge in [-0.15, -0.1) is 0 Å². The number of carbonyl (C=O) groups is 2. The average molecular weight is 324 g/mol. The van der Waals surface area contributed by atoms with E-state index in [1.54, 1.807) is 44.2 Å². The van der Waals surface area contributed by atoms with Crippen LogP contribution in [0, 0.1) is 13.8 Å². The third kappa shape index (κ3) is 3.10. The number of aromatic nitrogens is 2. The average Bonchev–Trinajstić information content (AvgIpc) is 2.89. The lowest BCUT2D eigenvalue weighted by Gasteiger charge is -2.08. The maximum atomic E-state index is 12.6. The van der Waals surface area contributed by atoms with Crippen LogP contribution in [0.15, 0.2) is 34.9 Å². The van der Waals surface area contributed by atoms with Crippen LogP contribution in [0.5, 0.6) is 0 Å². The van der Waals surface area contributed by atoms with Gasteiger partial charge in [-0.25, -0.2) is 4.98 Å². The molecule has 0 aliphatic heterocycles. The summed E-state index contributed by atoms with van der Waals surface area (Å²) in [6.07, 6.45) is 0. The van der Waals surface area contributed by atoms with Gasteiger partial charge < -0.3 is 15.2 Å². The highest BCUT2D eigenvalue weighted by Crippen LogP contribution is 2.23. The number of fused-ring (bicyclic) bond motifs is 1. The summed E-state index contributed by atoms with van der Waals surface area (Å²) >= 11 is 0. The molecule has 0 spiro atoms. The molecule has 2 aromatic heterocycles. The SMILES string of the molecule is CC(=O)Nc1ccc(NC(=O)c2cc(C)nc3onc(C)c23)cc1. The number of rotatable bonds is 3. The molecule has 3 rings (SSSR count). The lowest BCUT2D eigenvalue weighted by atomic mass is 10.1. The number of hydrogen-bond acceptors (Lipinski definition) is 5. The van der Waals surface area contributed by atoms with Gasteiger partial charge in [0.1, 0.15) is 0 Å². The van der Waals surface area contributed by atoms with Crippen LogP contribution in [0.4, 0.5) is 11.4 Å². The maximum Gasteiger partial charge on any atom is 0.258 e. The van der Waals surface area contributed by atoms with E-state index in [1.165, 1.54) is 6.92 Å². The Morgan fingerprint density at radius 1 is 1.04 bits per heavy atom. The summed E-state index contributed by atoms with van der Waals surface area (Å²) in [6.45, 7) is 4.99. The summed E-state index contributed by atoms with van der Waals surface area (Å²) in [4.78, 5) is 27.9. The molecule has 0 aliphatic carbocycles. The summed E-state index contributed by atoms with van der Waals surface area (Å²) in [7, 11) is 0. The summed E-state index contributed by atoms with van der Waals surface area (Å²) < 4.78 is 5.14. The highest BCUT2D eigenvalue weighted by Gasteiger charge is 2.17. The topological polar surface area (TPSA) is 97.1 Å². The highest BCUT2D eigenvalue weighted by molar-refractivity contribution is 6.12. The molecule has 0 fully saturated rings. The number of nitrogens with zero attached hydrogens (tertiary/aromatic N) is 2. The lowest BCUT2D eigenvalue weighted by molar-refractivity contribution is -0.114. The van der Waals surface area contributed by atoms with Crippen molar-refractivity contribution in [3.8, 4) is 0 Å². The van der Waals surface area contributed by atoms with Crippen molar-refractivity contribution in [2.75, 3.05) is 10.6 Å². The zero-order valence-corrected chi connectivity index (χ0v) is 13.5. The van der Waals surface area contributed by atoms with Gasteiger partial charge in [-0.05, 0) is 44.2 Å². The quantitative estimate of drug-likeness (QED) is 0.771. The second-order valence-electron chi connectivity index (χ2n) is 5.47. The van der Waals surface area contributed by atoms with E-state index in [9.17, 15) is 9.59 Å². The first-order valence-electron chi connectivity index (χ1n) is 7.36. The molecule has 7 nitrogen and oxygen atoms in total. The Balaban J connectivity index is 1.87. The smallest absolute Gasteiger partial charge is 0.258 e. The van der Waals surface area contributed by atoms with Crippen LogP contribution in [0.1, 0.15) is 28.7 Å². The van der Waals surface area contributed by atoms with Crippen molar-refractivity contribution in [1.82, 2.24) is 10.1 Å². The Morgan fingerprint density at radius 3 is 2.29 bits per heavy atom. The third-order valence-electron chi connectivity index (χ3n) is 3.45. The Bertz CT molecular complexity index is 929. The summed E-state index contributed by atoms with van der Waals surface area (Å²) in [5.41, 5.74) is 3.37. The molecule has 7 heteroatoms. The standard InChI is InChI=1S/C17H16N4O3/c1-9-8-14(15-10(2)21-24-17(15)18-9)16(23)20-13-6-4-12(5-7-13)19-11(3)22/h4-8H,1-3H3,(H,19,22)(H,20,23). The molecule has 2 heterocycles. The van der Waals surface area contributed by atoms with E-state index in [2.05, 4.69) is 20.8 Å². The zero-order chi connectivity index (χ0) is 17.3. The molecule has 24 heavy (non-hydrogen) atoms. The molecule has 0 radical (unpaired) electrons. The van der Waals surface area contributed by atoms with Gasteiger partial charge in [0.15, 0.2) is 0 Å². The van der Waals surface area contributed by atoms with E-state index in [1.807, 2.05) is 0 Å². The number of amides is 2. The molecule has 2 amide bonds. The van der Waals surface area contributed by atoms with E-state index in [4.69, 9.17) is 4.52 Å². The van der Waals surface area contributed by atoms with Crippen molar-refractivity contribution in [3.63, 3.8) is 0 Å². The van der Waals surface area contributed by atoms with Crippen LogP contribution in [-0.4, -0.2) is 22.0 Å². The van der Waals surface area contributed by atoms with Gasteiger partial charge in [0.25, 0.3) is 11.6 Å². The molecule has 0 aliphatic rings. The van der Waals surface area contributed by atoms with Crippen molar-refractivity contribution in [2.24, 2.45) is 0 Å². The molecule has 122 valence electrons. The first-order chi connectivity index (χ1) is 11.4. The van der Waals surface area contributed by atoms with Gasteiger partial charge in [-0.2, -0.15) is 0 Å². The summed E-state index contributed by atoms with van der Waals surface area (Å²) in [6, 6.07) is 8.57. The fourth-order valence-electron chi connectivity index (χ4n) is 2.44. The number of pyridine rings is 1. The molecule has 0 unspecified atom stereocenters. The van der Waals surface area contributed by atoms with Crippen LogP contribution in [0.3, 0.4) is 0 Å². The molecule has 0 bridgehead atoms. The van der Waals surface area contributed by atoms with E-state index in [0.29, 0.717) is 39.4 Å². The second-order valence-corrected chi connectivity index (χ2v) is 5.47. The fraction of sp³-hybridized carbons (Fsp3) is 0.176. The predicted molar refractivity (Wildman–Crippen MR) is 90.0 cm³/mol. The van der Waals surface area contributed by atoms with Gasteiger partial charge in [0.05, 0.1) is 16.6 Å². The Labute approximate surface area is 138 Å². The molecule has 1 aromatic carbocycles. The van der Waals surface area contributed by atoms with Crippen molar-refractivity contribution < 1.29 is 14.1 Å². The first kappa shape index (κ1) is 15.7. The van der Waals surface area contributed by atoms with Gasteiger partial charge in [-0.1, -0.05) is 5.16 Å². The van der Waals surface area contributed by atoms with Crippen LogP contribution >= 0.6 is 0 Å². The van der Waals surface area contributed by atoms with Gasteiger partial charge in [0, 0.05) is 24.0 Å². The number of hydrogen-bond donors (Lipinski definition) is 2. The van der Waals surface area contributed by atoms with Crippen molar-refractivity contribution in [2.45, 2.75) is 20.8 Å². The van der Waals surface area contributed by atoms with Gasteiger partial charge >= 0.3 is 0 Å². The number of anilines is 2. The molecule has 0 saturated heterocycles. The Hall–Kier alpha value is -3.22. The van der Waals surface area contributed by atoms with Crippen LogP contribution in [-0.2, 0) is 4.79 Å². The number of nitrogens with one attached hydrogen (secondary N) is 2. The minimum absolute atomic E-state index is 0.149. The Morgan fingerprint density at radius 2 is 1.67 bits per heavy atom. The van der Waals surface area contributed by atoms with Crippen LogP contribution in [0.25, 0.3) is 11.1 Å². The maximum absolute atomic E-state index is 12.6. The summed E-state index contributed by atoms with van der Waals surface area (Å²) in [5, 5.41) is 9.97. The van der Waals surface area contributed by atoms with Gasteiger partial charge in [-0.3, -0.25) is 9.59 Å². The number of aryl methyl sites for hydroxylation is 2. The largest absolute Gasteiger partial charge is 0.336 e. The lowest BCUT2D eigenvalue weighted by Crippen LogP contribution is -2.13. The first-order valence-corrected chi connectivity index (χ1v) is 7.36. The van der Waals surface area contributed by atoms with Crippen molar-refractivity contribution in [1.29, 1.82) is 0 Å². The van der Waals surface area contributed by atoms with E-state index < -0.39 is 0 Å². The normalized spacial score (nSPS) is 10.6. The van der Waals surface area contributed by atoms with Crippen molar-refractivity contribution >= 4 is 34.3 Å².